The first-order valence-electron chi connectivity index (χ1n) is 7.60. The average Bonchev–Trinajstić information content (AvgIpc) is 3.34. The maximum Gasteiger partial charge on any atom is 0.266 e. The minimum Gasteiger partial charge on any atom is -0.397 e. The standard InChI is InChI=1S/C16H19N3OS/c1-9-2-7-12-13(17)14(21-15(12)18-9)16(20)19(11-5-6-11)8-10-3-4-10/h2,7,10-11H,3-6,8,17H2,1H3. The summed E-state index contributed by atoms with van der Waals surface area (Å²) in [6, 6.07) is 4.36. The van der Waals surface area contributed by atoms with Crippen LogP contribution in [0.15, 0.2) is 12.1 Å². The first kappa shape index (κ1) is 13.1. The highest BCUT2D eigenvalue weighted by molar-refractivity contribution is 7.21. The number of amides is 1. The third-order valence-corrected chi connectivity index (χ3v) is 5.43. The van der Waals surface area contributed by atoms with E-state index in [1.807, 2.05) is 19.1 Å². The van der Waals surface area contributed by atoms with Gasteiger partial charge in [-0.2, -0.15) is 0 Å². The van der Waals surface area contributed by atoms with Gasteiger partial charge in [0.2, 0.25) is 0 Å². The van der Waals surface area contributed by atoms with Crippen molar-refractivity contribution < 1.29 is 4.79 Å². The number of carbonyl (C=O) groups excluding carboxylic acids is 1. The summed E-state index contributed by atoms with van der Waals surface area (Å²) in [5.41, 5.74) is 7.78. The van der Waals surface area contributed by atoms with Gasteiger partial charge in [-0.25, -0.2) is 4.98 Å². The van der Waals surface area contributed by atoms with Gasteiger partial charge in [0.15, 0.2) is 0 Å². The number of hydrogen-bond donors (Lipinski definition) is 1. The van der Waals surface area contributed by atoms with Crippen LogP contribution in [0.25, 0.3) is 10.2 Å². The molecule has 21 heavy (non-hydrogen) atoms. The van der Waals surface area contributed by atoms with E-state index >= 15 is 0 Å². The molecule has 0 spiro atoms. The van der Waals surface area contributed by atoms with Gasteiger partial charge in [-0.15, -0.1) is 11.3 Å². The van der Waals surface area contributed by atoms with Gasteiger partial charge in [0.25, 0.3) is 5.91 Å². The zero-order valence-electron chi connectivity index (χ0n) is 12.1. The molecule has 2 aliphatic carbocycles. The van der Waals surface area contributed by atoms with E-state index in [0.29, 0.717) is 22.5 Å². The Kier molecular flexibility index (Phi) is 2.92. The number of nitrogens with two attached hydrogens (primary N) is 1. The number of carbonyl (C=O) groups is 1. The first-order valence-corrected chi connectivity index (χ1v) is 8.41. The van der Waals surface area contributed by atoms with Crippen molar-refractivity contribution in [2.45, 2.75) is 38.6 Å². The van der Waals surface area contributed by atoms with Crippen LogP contribution in [0.1, 0.15) is 41.0 Å². The van der Waals surface area contributed by atoms with E-state index in [1.54, 1.807) is 0 Å². The quantitative estimate of drug-likeness (QED) is 0.943. The van der Waals surface area contributed by atoms with E-state index in [9.17, 15) is 4.79 Å². The van der Waals surface area contributed by atoms with Crippen LogP contribution in [0.4, 0.5) is 5.69 Å². The second-order valence-electron chi connectivity index (χ2n) is 6.28. The molecule has 2 N–H and O–H groups in total. The maximum atomic E-state index is 12.9. The number of rotatable bonds is 4. The van der Waals surface area contributed by atoms with Crippen LogP contribution >= 0.6 is 11.3 Å². The summed E-state index contributed by atoms with van der Waals surface area (Å²) in [7, 11) is 0. The summed E-state index contributed by atoms with van der Waals surface area (Å²) in [5.74, 6) is 0.827. The van der Waals surface area contributed by atoms with Crippen molar-refractivity contribution >= 4 is 33.1 Å². The lowest BCUT2D eigenvalue weighted by atomic mass is 10.2. The molecule has 0 radical (unpaired) electrons. The van der Waals surface area contributed by atoms with E-state index in [0.717, 1.165) is 35.3 Å². The number of nitrogens with zero attached hydrogens (tertiary/aromatic N) is 2. The minimum absolute atomic E-state index is 0.113. The number of aryl methyl sites for hydroxylation is 1. The van der Waals surface area contributed by atoms with Crippen LogP contribution in [0.5, 0.6) is 0 Å². The van der Waals surface area contributed by atoms with Crippen LogP contribution in [-0.4, -0.2) is 28.4 Å². The van der Waals surface area contributed by atoms with Gasteiger partial charge in [-0.1, -0.05) is 0 Å². The molecule has 110 valence electrons. The molecule has 4 rings (SSSR count). The van der Waals surface area contributed by atoms with Crippen LogP contribution in [0.3, 0.4) is 0 Å². The van der Waals surface area contributed by atoms with Gasteiger partial charge in [0.05, 0.1) is 5.69 Å². The fourth-order valence-electron chi connectivity index (χ4n) is 2.74. The van der Waals surface area contributed by atoms with Gasteiger partial charge in [0, 0.05) is 23.7 Å². The fourth-order valence-corrected chi connectivity index (χ4v) is 3.84. The minimum atomic E-state index is 0.113. The third-order valence-electron chi connectivity index (χ3n) is 4.33. The lowest BCUT2D eigenvalue weighted by Gasteiger charge is -2.21. The second-order valence-corrected chi connectivity index (χ2v) is 7.28. The molecule has 2 saturated carbocycles. The molecule has 0 bridgehead atoms. The molecule has 2 fully saturated rings. The van der Waals surface area contributed by atoms with E-state index < -0.39 is 0 Å². The summed E-state index contributed by atoms with van der Waals surface area (Å²) >= 11 is 1.44. The molecule has 2 aromatic heterocycles. The molecule has 4 nitrogen and oxygen atoms in total. The molecule has 5 heteroatoms. The molecule has 0 atom stereocenters. The number of fused-ring (bicyclic) bond motifs is 1. The van der Waals surface area contributed by atoms with Crippen LogP contribution in [-0.2, 0) is 0 Å². The van der Waals surface area contributed by atoms with E-state index in [1.165, 1.54) is 24.2 Å². The number of pyridine rings is 1. The molecule has 0 aliphatic heterocycles. The second kappa shape index (κ2) is 4.70. The van der Waals surface area contributed by atoms with Crippen molar-refractivity contribution in [3.8, 4) is 0 Å². The Morgan fingerprint density at radius 3 is 2.81 bits per heavy atom. The fraction of sp³-hybridized carbons (Fsp3) is 0.500. The average molecular weight is 301 g/mol. The van der Waals surface area contributed by atoms with E-state index in [-0.39, 0.29) is 5.91 Å². The van der Waals surface area contributed by atoms with Crippen LogP contribution in [0.2, 0.25) is 0 Å². The Hall–Kier alpha value is -1.62. The highest BCUT2D eigenvalue weighted by atomic mass is 32.1. The zero-order chi connectivity index (χ0) is 14.6. The first-order chi connectivity index (χ1) is 10.1. The summed E-state index contributed by atoms with van der Waals surface area (Å²) in [6.45, 7) is 2.87. The molecule has 2 aromatic rings. The number of nitrogen functional groups attached to an aromatic ring is 1. The van der Waals surface area contributed by atoms with Crippen molar-refractivity contribution in [2.75, 3.05) is 12.3 Å². The van der Waals surface area contributed by atoms with Gasteiger partial charge in [-0.3, -0.25) is 4.79 Å². The van der Waals surface area contributed by atoms with Crippen molar-refractivity contribution in [1.29, 1.82) is 0 Å². The number of hydrogen-bond acceptors (Lipinski definition) is 4. The molecule has 2 aliphatic rings. The lowest BCUT2D eigenvalue weighted by molar-refractivity contribution is 0.0741. The molecule has 2 heterocycles. The smallest absolute Gasteiger partial charge is 0.266 e. The van der Waals surface area contributed by atoms with Crippen LogP contribution in [0, 0.1) is 12.8 Å². The number of aromatic nitrogens is 1. The van der Waals surface area contributed by atoms with Crippen molar-refractivity contribution in [1.82, 2.24) is 9.88 Å². The largest absolute Gasteiger partial charge is 0.397 e. The van der Waals surface area contributed by atoms with Gasteiger partial charge in [-0.05, 0) is 50.7 Å². The van der Waals surface area contributed by atoms with Crippen molar-refractivity contribution in [3.05, 3.63) is 22.7 Å². The number of anilines is 1. The number of thiophene rings is 1. The van der Waals surface area contributed by atoms with Crippen molar-refractivity contribution in [2.24, 2.45) is 5.92 Å². The Balaban J connectivity index is 1.70. The maximum absolute atomic E-state index is 12.9. The molecule has 1 amide bonds. The van der Waals surface area contributed by atoms with E-state index in [4.69, 9.17) is 5.73 Å². The summed E-state index contributed by atoms with van der Waals surface area (Å²) in [5, 5.41) is 0.913. The normalized spacial score (nSPS) is 18.1. The van der Waals surface area contributed by atoms with E-state index in [2.05, 4.69) is 9.88 Å². The summed E-state index contributed by atoms with van der Waals surface area (Å²) in [4.78, 5) is 21.0. The topological polar surface area (TPSA) is 59.2 Å². The van der Waals surface area contributed by atoms with Crippen LogP contribution < -0.4 is 5.73 Å². The third kappa shape index (κ3) is 2.39. The van der Waals surface area contributed by atoms with Gasteiger partial charge in [0.1, 0.15) is 9.71 Å². The molecular formula is C16H19N3OS. The highest BCUT2D eigenvalue weighted by Crippen LogP contribution is 2.39. The Labute approximate surface area is 128 Å². The molecule has 0 aromatic carbocycles. The summed E-state index contributed by atoms with van der Waals surface area (Å²) in [6.07, 6.45) is 4.81. The van der Waals surface area contributed by atoms with Gasteiger partial charge >= 0.3 is 0 Å². The SMILES string of the molecule is Cc1ccc2c(N)c(C(=O)N(CC3CC3)C3CC3)sc2n1. The predicted molar refractivity (Wildman–Crippen MR) is 85.6 cm³/mol. The molecule has 0 saturated heterocycles. The Morgan fingerprint density at radius 2 is 2.14 bits per heavy atom. The lowest BCUT2D eigenvalue weighted by Crippen LogP contribution is -2.34. The predicted octanol–water partition coefficient (Wildman–Crippen LogP) is 3.20. The summed E-state index contributed by atoms with van der Waals surface area (Å²) < 4.78 is 0. The zero-order valence-corrected chi connectivity index (χ0v) is 12.9. The Bertz CT molecular complexity index is 716. The molecule has 0 unspecified atom stereocenters. The Morgan fingerprint density at radius 1 is 1.38 bits per heavy atom. The monoisotopic (exact) mass is 301 g/mol. The molecular weight excluding hydrogens is 282 g/mol. The van der Waals surface area contributed by atoms with Crippen molar-refractivity contribution in [3.63, 3.8) is 0 Å². The highest BCUT2D eigenvalue weighted by Gasteiger charge is 2.38. The van der Waals surface area contributed by atoms with Gasteiger partial charge < -0.3 is 10.6 Å².